The molecule has 186 valence electrons. The molecule has 3 atom stereocenters. The zero-order valence-electron chi connectivity index (χ0n) is 19.5. The van der Waals surface area contributed by atoms with Crippen LogP contribution in [0.5, 0.6) is 5.75 Å². The van der Waals surface area contributed by atoms with Crippen LogP contribution in [0.15, 0.2) is 78.0 Å². The van der Waals surface area contributed by atoms with Gasteiger partial charge in [-0.05, 0) is 51.4 Å². The van der Waals surface area contributed by atoms with Gasteiger partial charge in [-0.3, -0.25) is 0 Å². The van der Waals surface area contributed by atoms with Crippen molar-refractivity contribution in [2.24, 2.45) is 5.73 Å². The number of thioether (sulfide) groups is 1. The first kappa shape index (κ1) is 24.4. The predicted molar refractivity (Wildman–Crippen MR) is 134 cm³/mol. The van der Waals surface area contributed by atoms with E-state index >= 15 is 0 Å². The van der Waals surface area contributed by atoms with Gasteiger partial charge in [0.25, 0.3) is 0 Å². The first-order chi connectivity index (χ1) is 17.6. The highest BCUT2D eigenvalue weighted by molar-refractivity contribution is 7.99. The van der Waals surface area contributed by atoms with Gasteiger partial charge in [-0.15, -0.1) is 5.10 Å². The van der Waals surface area contributed by atoms with E-state index in [0.29, 0.717) is 23.9 Å². The van der Waals surface area contributed by atoms with Crippen LogP contribution in [0.4, 0.5) is 0 Å². The van der Waals surface area contributed by atoms with Crippen molar-refractivity contribution in [1.82, 2.24) is 20.2 Å². The topological polar surface area (TPSA) is 129 Å². The van der Waals surface area contributed by atoms with Crippen molar-refractivity contribution in [3.63, 3.8) is 0 Å². The highest BCUT2D eigenvalue weighted by atomic mass is 32.2. The molecule has 9 nitrogen and oxygen atoms in total. The summed E-state index contributed by atoms with van der Waals surface area (Å²) in [6.07, 6.45) is -0.185. The number of nitrogens with two attached hydrogens (primary N) is 1. The van der Waals surface area contributed by atoms with E-state index in [0.717, 1.165) is 27.9 Å². The van der Waals surface area contributed by atoms with Gasteiger partial charge in [-0.25, -0.2) is 0 Å². The highest BCUT2D eigenvalue weighted by Gasteiger charge is 2.32. The van der Waals surface area contributed by atoms with Gasteiger partial charge in [0.05, 0.1) is 24.5 Å². The van der Waals surface area contributed by atoms with Crippen LogP contribution in [-0.2, 0) is 22.6 Å². The van der Waals surface area contributed by atoms with E-state index < -0.39 is 6.29 Å². The molecule has 4 aromatic rings. The number of hydrogen-bond acceptors (Lipinski definition) is 9. The van der Waals surface area contributed by atoms with E-state index in [9.17, 15) is 10.2 Å². The number of phenols is 1. The van der Waals surface area contributed by atoms with Crippen LogP contribution in [0.1, 0.15) is 41.1 Å². The van der Waals surface area contributed by atoms with E-state index in [2.05, 4.69) is 15.5 Å². The number of nitrogens with zero attached hydrogens (tertiary/aromatic N) is 4. The van der Waals surface area contributed by atoms with E-state index in [1.807, 2.05) is 48.5 Å². The van der Waals surface area contributed by atoms with Crippen LogP contribution in [0.3, 0.4) is 0 Å². The van der Waals surface area contributed by atoms with Crippen molar-refractivity contribution < 1.29 is 19.7 Å². The monoisotopic (exact) mass is 505 g/mol. The van der Waals surface area contributed by atoms with Crippen molar-refractivity contribution in [2.45, 2.75) is 43.2 Å². The van der Waals surface area contributed by atoms with Crippen molar-refractivity contribution in [3.05, 3.63) is 95.1 Å². The number of rotatable bonds is 8. The second-order valence-corrected chi connectivity index (χ2v) is 9.48. The molecule has 36 heavy (non-hydrogen) atoms. The van der Waals surface area contributed by atoms with E-state index in [-0.39, 0.29) is 24.6 Å². The summed E-state index contributed by atoms with van der Waals surface area (Å²) in [6.45, 7) is 0.474. The second-order valence-electron chi connectivity index (χ2n) is 8.50. The smallest absolute Gasteiger partial charge is 0.214 e. The molecule has 0 spiro atoms. The largest absolute Gasteiger partial charge is 0.508 e. The predicted octanol–water partition coefficient (Wildman–Crippen LogP) is 3.66. The Kier molecular flexibility index (Phi) is 7.59. The van der Waals surface area contributed by atoms with Crippen LogP contribution in [0, 0.1) is 0 Å². The normalized spacial score (nSPS) is 19.9. The molecule has 0 bridgehead atoms. The lowest BCUT2D eigenvalue weighted by atomic mass is 10.0. The number of ether oxygens (including phenoxy) is 2. The van der Waals surface area contributed by atoms with Crippen molar-refractivity contribution in [2.75, 3.05) is 5.75 Å². The molecule has 2 heterocycles. The van der Waals surface area contributed by atoms with E-state index in [1.165, 1.54) is 11.8 Å². The minimum absolute atomic E-state index is 0.0000455. The number of aliphatic hydroxyl groups excluding tert-OH is 1. The number of phenolic OH excluding ortho intramolecular Hbond substituents is 1. The minimum atomic E-state index is -0.535. The van der Waals surface area contributed by atoms with Crippen molar-refractivity contribution in [3.8, 4) is 11.4 Å². The summed E-state index contributed by atoms with van der Waals surface area (Å²) in [7, 11) is 0. The molecule has 3 aromatic carbocycles. The molecule has 5 rings (SSSR count). The van der Waals surface area contributed by atoms with Gasteiger partial charge in [0.1, 0.15) is 5.75 Å². The van der Waals surface area contributed by atoms with E-state index in [1.54, 1.807) is 28.9 Å². The summed E-state index contributed by atoms with van der Waals surface area (Å²) in [4.78, 5) is 0. The Morgan fingerprint density at radius 3 is 2.31 bits per heavy atom. The average molecular weight is 506 g/mol. The summed E-state index contributed by atoms with van der Waals surface area (Å²) < 4.78 is 14.4. The molecule has 0 saturated carbocycles. The number of aliphatic hydroxyl groups is 1. The Labute approximate surface area is 212 Å². The molecule has 1 fully saturated rings. The lowest BCUT2D eigenvalue weighted by Crippen LogP contribution is -2.31. The molecule has 1 aliphatic rings. The van der Waals surface area contributed by atoms with E-state index in [4.69, 9.17) is 15.2 Å². The summed E-state index contributed by atoms with van der Waals surface area (Å²) in [5.74, 6) is 0.796. The maximum Gasteiger partial charge on any atom is 0.214 e. The minimum Gasteiger partial charge on any atom is -0.508 e. The third-order valence-corrected chi connectivity index (χ3v) is 7.09. The molecule has 0 unspecified atom stereocenters. The Bertz CT molecular complexity index is 1210. The van der Waals surface area contributed by atoms with Gasteiger partial charge >= 0.3 is 0 Å². The summed E-state index contributed by atoms with van der Waals surface area (Å²) in [5.41, 5.74) is 10.4. The molecule has 1 aliphatic heterocycles. The van der Waals surface area contributed by atoms with Crippen LogP contribution in [0.2, 0.25) is 0 Å². The van der Waals surface area contributed by atoms with Crippen LogP contribution >= 0.6 is 11.8 Å². The third kappa shape index (κ3) is 5.58. The Hall–Kier alpha value is -3.28. The molecule has 0 radical (unpaired) electrons. The fourth-order valence-electron chi connectivity index (χ4n) is 4.03. The van der Waals surface area contributed by atoms with Gasteiger partial charge in [0.15, 0.2) is 6.29 Å². The van der Waals surface area contributed by atoms with Gasteiger partial charge < -0.3 is 25.4 Å². The van der Waals surface area contributed by atoms with Gasteiger partial charge in [-0.2, -0.15) is 4.68 Å². The lowest BCUT2D eigenvalue weighted by molar-refractivity contribution is -0.245. The quantitative estimate of drug-likeness (QED) is 0.307. The summed E-state index contributed by atoms with van der Waals surface area (Å²) in [6, 6.07) is 22.5. The number of benzene rings is 3. The van der Waals surface area contributed by atoms with Gasteiger partial charge in [0.2, 0.25) is 5.16 Å². The van der Waals surface area contributed by atoms with Gasteiger partial charge in [-0.1, -0.05) is 60.3 Å². The fourth-order valence-corrected chi connectivity index (χ4v) is 4.93. The molecule has 1 aromatic heterocycles. The zero-order chi connectivity index (χ0) is 24.9. The number of hydrogen-bond donors (Lipinski definition) is 3. The molecule has 0 aliphatic carbocycles. The van der Waals surface area contributed by atoms with Crippen LogP contribution in [0.25, 0.3) is 5.69 Å². The van der Waals surface area contributed by atoms with Gasteiger partial charge in [0, 0.05) is 24.3 Å². The number of aromatic hydroxyl groups is 1. The highest BCUT2D eigenvalue weighted by Crippen LogP contribution is 2.39. The number of tetrazole rings is 1. The fraction of sp³-hybridized carbons (Fsp3) is 0.269. The molecule has 0 amide bonds. The number of aromatic nitrogens is 4. The molecule has 10 heteroatoms. The summed E-state index contributed by atoms with van der Waals surface area (Å²) >= 11 is 1.50. The average Bonchev–Trinajstić information content (AvgIpc) is 3.41. The van der Waals surface area contributed by atoms with Crippen LogP contribution < -0.4 is 5.73 Å². The zero-order valence-corrected chi connectivity index (χ0v) is 20.3. The Morgan fingerprint density at radius 2 is 1.61 bits per heavy atom. The molecular formula is C26H27N5O4S. The first-order valence-electron chi connectivity index (χ1n) is 11.6. The second kappa shape index (κ2) is 11.2. The molecule has 4 N–H and O–H groups in total. The third-order valence-electron chi connectivity index (χ3n) is 6.04. The molecular weight excluding hydrogens is 478 g/mol. The Morgan fingerprint density at radius 1 is 0.917 bits per heavy atom. The maximum absolute atomic E-state index is 9.58. The van der Waals surface area contributed by atoms with Crippen LogP contribution in [-0.4, -0.2) is 42.3 Å². The van der Waals surface area contributed by atoms with Crippen molar-refractivity contribution >= 4 is 11.8 Å². The maximum atomic E-state index is 9.58. The first-order valence-corrected chi connectivity index (χ1v) is 12.6. The van der Waals surface area contributed by atoms with Crippen molar-refractivity contribution in [1.29, 1.82) is 0 Å². The Balaban J connectivity index is 1.35. The molecule has 1 saturated heterocycles. The SMILES string of the molecule is NCc1ccc([C@H]2O[C@@H](CSc3nnnn3-c3ccc(O)cc3)C[C@@H](c3ccc(CO)cc3)O2)cc1. The standard InChI is InChI=1S/C26H27N5O4S/c27-14-17-1-7-20(8-2-17)25-34-23(13-24(35-25)19-5-3-18(15-32)4-6-19)16-36-26-28-29-30-31(26)21-9-11-22(33)12-10-21/h1-12,23-25,32-33H,13-16,27H2/t23-,24+,25+/m1/s1. The lowest BCUT2D eigenvalue weighted by Gasteiger charge is -2.36. The summed E-state index contributed by atoms with van der Waals surface area (Å²) in [5, 5.41) is 31.7.